The molecule has 7 saturated heterocycles. The van der Waals surface area contributed by atoms with Crippen LogP contribution >= 0.6 is 0 Å². The molecule has 16 atom stereocenters. The summed E-state index contributed by atoms with van der Waals surface area (Å²) in [6.45, 7) is 60.5. The standard InChI is InChI=1S/C12H24N2O.C12H24N2.C10H19F3N2O.C10H19F3N2.C10H22N2O.C10H22N2.C9H20N2/c1-12(2,3)14-6-9(8-4-5-8)11(15)10(13)7-14;1-12(2,3)14-7-10(9-4-5-9)6-11(13)8-14;1-9(2,3)15-4-6(10(11,12)13)8(16)7(14)5-15;1-9(2,3)15-5-7(10(11,12)13)4-8(14)6-15;1-7-5-12(10(2,3)4)6-8(11)9(7)13;1-8-5-9(11)7-12(6-8)10(2,3)4;1-9(2,3)11-6-4-5-8(10)7-11/h8-11,15H,4-7,13H2,1-3H3;9-11H,4-8,13H2,1-3H3;6-8,16H,4-5,14H2,1-3H3;7-8H,4-6,14H2,1-3H3;7-9,13H,5-6,11H2,1-4H3;8-9H,5-7,11H2,1-4H3;8H,4-7,10H2,1-3H3. The number of halogens is 6. The Bertz CT molecular complexity index is 2150. The lowest BCUT2D eigenvalue weighted by atomic mass is 9.85. The largest absolute Gasteiger partial charge is 0.395 e. The number of hydrogen-bond donors (Lipinski definition) is 10. The van der Waals surface area contributed by atoms with Gasteiger partial charge in [-0.15, -0.1) is 0 Å². The fourth-order valence-electron chi connectivity index (χ4n) is 14.5. The van der Waals surface area contributed by atoms with Crippen LogP contribution in [-0.4, -0.2) is 253 Å². The van der Waals surface area contributed by atoms with Gasteiger partial charge in [-0.2, -0.15) is 26.3 Å². The first-order valence-electron chi connectivity index (χ1n) is 36.9. The summed E-state index contributed by atoms with van der Waals surface area (Å²) in [5.74, 6) is 1.04. The molecule has 7 heterocycles. The Morgan fingerprint density at radius 2 is 0.667 bits per heavy atom. The van der Waals surface area contributed by atoms with Gasteiger partial charge in [0.15, 0.2) is 0 Å². The number of likely N-dealkylation sites (tertiary alicyclic amines) is 7. The molecule has 0 bridgehead atoms. The van der Waals surface area contributed by atoms with Crippen molar-refractivity contribution in [1.82, 2.24) is 34.3 Å². The fraction of sp³-hybridized carbons (Fsp3) is 1.00. The topological polar surface area (TPSA) is 266 Å². The first-order valence-corrected chi connectivity index (χ1v) is 36.9. The van der Waals surface area contributed by atoms with E-state index in [9.17, 15) is 41.7 Å². The van der Waals surface area contributed by atoms with Gasteiger partial charge in [-0.05, 0) is 239 Å². The number of aliphatic hydroxyl groups is 3. The van der Waals surface area contributed by atoms with Crippen LogP contribution in [0.1, 0.15) is 217 Å². The normalized spacial score (nSPS) is 34.5. The summed E-state index contributed by atoms with van der Waals surface area (Å²) in [5, 5.41) is 29.2. The zero-order valence-electron chi connectivity index (χ0n) is 64.9. The first kappa shape index (κ1) is 89.1. The van der Waals surface area contributed by atoms with Crippen molar-refractivity contribution in [2.45, 2.75) is 329 Å². The van der Waals surface area contributed by atoms with Crippen molar-refractivity contribution in [1.29, 1.82) is 0 Å². The summed E-state index contributed by atoms with van der Waals surface area (Å²) in [6.07, 6.45) is -0.204. The summed E-state index contributed by atoms with van der Waals surface area (Å²) in [5.41, 5.74) is 41.7. The highest BCUT2D eigenvalue weighted by molar-refractivity contribution is 5.01. The minimum absolute atomic E-state index is 0.0517. The summed E-state index contributed by atoms with van der Waals surface area (Å²) in [7, 11) is 0. The third kappa shape index (κ3) is 30.3. The van der Waals surface area contributed by atoms with Gasteiger partial charge < -0.3 is 55.5 Å². The molecule has 9 aliphatic rings. The van der Waals surface area contributed by atoms with Crippen LogP contribution in [0.5, 0.6) is 0 Å². The monoisotopic (exact) mass is 1390 g/mol. The molecule has 0 amide bonds. The zero-order chi connectivity index (χ0) is 74.2. The molecule has 2 saturated carbocycles. The minimum Gasteiger partial charge on any atom is -0.391 e. The third-order valence-electron chi connectivity index (χ3n) is 21.6. The van der Waals surface area contributed by atoms with E-state index in [1.807, 2.05) is 46.4 Å². The maximum Gasteiger partial charge on any atom is 0.395 e. The summed E-state index contributed by atoms with van der Waals surface area (Å²) in [6, 6.07) is -0.180. The van der Waals surface area contributed by atoms with E-state index in [1.54, 1.807) is 4.90 Å². The Morgan fingerprint density at radius 1 is 0.312 bits per heavy atom. The quantitative estimate of drug-likeness (QED) is 0.116. The predicted molar refractivity (Wildman–Crippen MR) is 386 cm³/mol. The molecular weight excluding hydrogens is 1230 g/mol. The number of nitrogens with two attached hydrogens (primary N) is 7. The van der Waals surface area contributed by atoms with Crippen LogP contribution in [0.3, 0.4) is 0 Å². The summed E-state index contributed by atoms with van der Waals surface area (Å²) >= 11 is 0. The van der Waals surface area contributed by atoms with Crippen molar-refractivity contribution in [2.75, 3.05) is 91.6 Å². The number of hydrogen-bond acceptors (Lipinski definition) is 17. The number of alkyl halides is 6. The smallest absolute Gasteiger partial charge is 0.391 e. The summed E-state index contributed by atoms with van der Waals surface area (Å²) < 4.78 is 75.8. The van der Waals surface area contributed by atoms with E-state index in [4.69, 9.17) is 40.1 Å². The lowest BCUT2D eigenvalue weighted by Gasteiger charge is -2.46. The molecule has 17 nitrogen and oxygen atoms in total. The summed E-state index contributed by atoms with van der Waals surface area (Å²) in [4.78, 5) is 15.8. The van der Waals surface area contributed by atoms with Gasteiger partial charge in [-0.1, -0.05) is 13.8 Å². The van der Waals surface area contributed by atoms with Crippen molar-refractivity contribution < 1.29 is 41.7 Å². The molecule has 7 aliphatic heterocycles. The molecule has 0 radical (unpaired) electrons. The molecule has 17 N–H and O–H groups in total. The fourth-order valence-corrected chi connectivity index (χ4v) is 14.5. The first-order chi connectivity index (χ1) is 43.2. The molecular formula is C73H150F6N14O3. The van der Waals surface area contributed by atoms with E-state index in [0.29, 0.717) is 41.7 Å². The van der Waals surface area contributed by atoms with Crippen molar-refractivity contribution in [3.05, 3.63) is 0 Å². The molecule has 9 fully saturated rings. The Morgan fingerprint density at radius 3 is 1.04 bits per heavy atom. The van der Waals surface area contributed by atoms with Crippen LogP contribution in [0, 0.1) is 47.3 Å². The van der Waals surface area contributed by atoms with Crippen LogP contribution in [0.4, 0.5) is 26.3 Å². The van der Waals surface area contributed by atoms with Gasteiger partial charge in [0.2, 0.25) is 0 Å². The molecule has 0 aromatic carbocycles. The molecule has 0 spiro atoms. The van der Waals surface area contributed by atoms with Gasteiger partial charge in [-0.25, -0.2) is 0 Å². The molecule has 572 valence electrons. The van der Waals surface area contributed by atoms with Gasteiger partial charge in [0, 0.05) is 172 Å². The van der Waals surface area contributed by atoms with Crippen LogP contribution in [-0.2, 0) is 0 Å². The highest BCUT2D eigenvalue weighted by Crippen LogP contribution is 2.44. The number of aliphatic hydroxyl groups excluding tert-OH is 3. The van der Waals surface area contributed by atoms with Gasteiger partial charge >= 0.3 is 12.4 Å². The highest BCUT2D eigenvalue weighted by atomic mass is 19.4. The van der Waals surface area contributed by atoms with E-state index >= 15 is 0 Å². The van der Waals surface area contributed by atoms with Crippen molar-refractivity contribution in [3.63, 3.8) is 0 Å². The van der Waals surface area contributed by atoms with Gasteiger partial charge in [0.05, 0.1) is 30.1 Å². The van der Waals surface area contributed by atoms with E-state index in [2.05, 4.69) is 142 Å². The van der Waals surface area contributed by atoms with Crippen molar-refractivity contribution >= 4 is 0 Å². The molecule has 0 aromatic rings. The average molecular weight is 1390 g/mol. The third-order valence-corrected chi connectivity index (χ3v) is 21.6. The Balaban J connectivity index is 0.000000293. The second-order valence-corrected chi connectivity index (χ2v) is 38.0. The van der Waals surface area contributed by atoms with Crippen LogP contribution in [0.25, 0.3) is 0 Å². The van der Waals surface area contributed by atoms with E-state index in [1.165, 1.54) is 71.0 Å². The van der Waals surface area contributed by atoms with E-state index in [-0.39, 0.29) is 90.0 Å². The lowest BCUT2D eigenvalue weighted by Crippen LogP contribution is -2.63. The van der Waals surface area contributed by atoms with Crippen LogP contribution in [0.2, 0.25) is 0 Å². The van der Waals surface area contributed by atoms with Gasteiger partial charge in [-0.3, -0.25) is 34.3 Å². The van der Waals surface area contributed by atoms with Crippen molar-refractivity contribution in [3.8, 4) is 0 Å². The van der Waals surface area contributed by atoms with Crippen LogP contribution < -0.4 is 40.1 Å². The van der Waals surface area contributed by atoms with Crippen LogP contribution in [0.15, 0.2) is 0 Å². The lowest BCUT2D eigenvalue weighted by molar-refractivity contribution is -0.220. The van der Waals surface area contributed by atoms with Gasteiger partial charge in [0.1, 0.15) is 0 Å². The zero-order valence-corrected chi connectivity index (χ0v) is 64.9. The predicted octanol–water partition coefficient (Wildman–Crippen LogP) is 8.71. The molecule has 2 aliphatic carbocycles. The average Bonchev–Trinajstić information content (AvgIpc) is 1.50. The molecule has 0 aromatic heterocycles. The van der Waals surface area contributed by atoms with E-state index < -0.39 is 36.3 Å². The molecule has 16 unspecified atom stereocenters. The Kier molecular flexibility index (Phi) is 33.0. The van der Waals surface area contributed by atoms with Gasteiger partial charge in [0.25, 0.3) is 0 Å². The Labute approximate surface area is 581 Å². The molecule has 96 heavy (non-hydrogen) atoms. The molecule has 9 rings (SSSR count). The Hall–Kier alpha value is -1.10. The number of piperidine rings is 7. The maximum atomic E-state index is 12.7. The number of rotatable bonds is 2. The van der Waals surface area contributed by atoms with E-state index in [0.717, 1.165) is 69.5 Å². The van der Waals surface area contributed by atoms with Crippen molar-refractivity contribution in [2.24, 2.45) is 87.5 Å². The highest BCUT2D eigenvalue weighted by Gasteiger charge is 2.52. The SMILES string of the molecule is CC(C)(C)N1CC(N)C(O)C(C(F)(F)F)C1.CC(C)(C)N1CC(N)C(O)C(C2CC2)C1.CC(C)(C)N1CC(N)CC(C(F)(F)F)C1.CC(C)(C)N1CC(N)CC(C2CC2)C1.CC(C)(C)N1CCCC(N)C1.CC1CC(N)CN(C(C)(C)C)C1.CC1CN(C(C)(C)C)CC(N)C1O. The number of nitrogens with zero attached hydrogens (tertiary/aromatic N) is 7. The molecule has 23 heteroatoms. The minimum atomic E-state index is -4.40. The second kappa shape index (κ2) is 35.6. The maximum absolute atomic E-state index is 12.7. The second-order valence-electron chi connectivity index (χ2n) is 38.0.